The molecule has 1 amide bonds. The van der Waals surface area contributed by atoms with Gasteiger partial charge in [-0.1, -0.05) is 43.1 Å². The first-order valence-corrected chi connectivity index (χ1v) is 13.8. The molecule has 216 valence electrons. The summed E-state index contributed by atoms with van der Waals surface area (Å²) in [6.45, 7) is 5.57. The van der Waals surface area contributed by atoms with Gasteiger partial charge in [0.1, 0.15) is 12.3 Å². The zero-order valence-corrected chi connectivity index (χ0v) is 22.9. The Morgan fingerprint density at radius 3 is 2.59 bits per heavy atom. The highest BCUT2D eigenvalue weighted by atomic mass is 32.2. The number of aromatic nitrogens is 1. The molecule has 0 saturated carbocycles. The molecule has 3 rings (SSSR count). The third kappa shape index (κ3) is 7.91. The minimum Gasteiger partial charge on any atom is -0.379 e. The Morgan fingerprint density at radius 1 is 1.26 bits per heavy atom. The fourth-order valence-corrected chi connectivity index (χ4v) is 4.80. The molecule has 39 heavy (non-hydrogen) atoms. The van der Waals surface area contributed by atoms with Crippen molar-refractivity contribution in [3.8, 4) is 0 Å². The first-order chi connectivity index (χ1) is 18.5. The predicted octanol–water partition coefficient (Wildman–Crippen LogP) is 3.08. The third-order valence-electron chi connectivity index (χ3n) is 6.89. The van der Waals surface area contributed by atoms with Crippen LogP contribution in [0, 0.1) is 5.92 Å². The summed E-state index contributed by atoms with van der Waals surface area (Å²) in [4.78, 5) is 17.2. The minimum absolute atomic E-state index is 0.105. The number of hydrogen-bond acceptors (Lipinski definition) is 9. The highest BCUT2D eigenvalue weighted by Gasteiger charge is 2.65. The van der Waals surface area contributed by atoms with Gasteiger partial charge < -0.3 is 30.9 Å². The van der Waals surface area contributed by atoms with Crippen molar-refractivity contribution < 1.29 is 32.5 Å². The van der Waals surface area contributed by atoms with E-state index in [1.54, 1.807) is 12.1 Å². The summed E-state index contributed by atoms with van der Waals surface area (Å²) in [5.41, 5.74) is 4.75. The number of nitrogens with two attached hydrogens (primary N) is 1. The largest absolute Gasteiger partial charge is 0.417 e. The Balaban J connectivity index is 1.71. The summed E-state index contributed by atoms with van der Waals surface area (Å²) in [7, 11) is 0. The maximum atomic E-state index is 14.1. The van der Waals surface area contributed by atoms with Crippen LogP contribution in [0.25, 0.3) is 0 Å². The molecule has 6 N–H and O–H groups in total. The van der Waals surface area contributed by atoms with Crippen LogP contribution in [0.4, 0.5) is 18.9 Å². The van der Waals surface area contributed by atoms with Crippen LogP contribution in [0.2, 0.25) is 0 Å². The van der Waals surface area contributed by atoms with Crippen LogP contribution in [-0.4, -0.2) is 66.4 Å². The number of nitrogens with one attached hydrogen (secondary N) is 3. The number of nitrogens with zero attached hydrogens (tertiary/aromatic N) is 1. The number of benzene rings is 1. The van der Waals surface area contributed by atoms with Gasteiger partial charge >= 0.3 is 6.18 Å². The number of carbonyl (C=O) groups is 1. The molecule has 9 nitrogen and oxygen atoms in total. The average molecular weight is 572 g/mol. The molecular formula is C26H36F3N5O4S. The van der Waals surface area contributed by atoms with E-state index in [4.69, 9.17) is 15.2 Å². The molecule has 0 bridgehead atoms. The number of halogens is 3. The first kappa shape index (κ1) is 31.3. The molecule has 1 aliphatic heterocycles. The molecule has 5 atom stereocenters. The Kier molecular flexibility index (Phi) is 11.1. The van der Waals surface area contributed by atoms with Crippen LogP contribution < -0.4 is 21.1 Å². The fourth-order valence-electron chi connectivity index (χ4n) is 4.51. The van der Waals surface area contributed by atoms with E-state index in [2.05, 4.69) is 20.3 Å². The van der Waals surface area contributed by atoms with Gasteiger partial charge in [-0.15, -0.1) is 0 Å². The van der Waals surface area contributed by atoms with Crippen LogP contribution in [0.5, 0.6) is 0 Å². The molecule has 2 aromatic rings. The van der Waals surface area contributed by atoms with Crippen molar-refractivity contribution in [3.63, 3.8) is 0 Å². The number of anilines is 1. The van der Waals surface area contributed by atoms with Crippen LogP contribution in [0.15, 0.2) is 42.6 Å². The number of hydrogen-bond donors (Lipinski definition) is 5. The highest BCUT2D eigenvalue weighted by molar-refractivity contribution is 7.96. The van der Waals surface area contributed by atoms with E-state index in [1.165, 1.54) is 37.2 Å². The van der Waals surface area contributed by atoms with E-state index in [0.29, 0.717) is 31.9 Å². The first-order valence-electron chi connectivity index (χ1n) is 12.6. The normalized spacial score (nSPS) is 24.1. The Morgan fingerprint density at radius 2 is 1.95 bits per heavy atom. The molecule has 1 aromatic carbocycles. The van der Waals surface area contributed by atoms with Crippen molar-refractivity contribution in [3.05, 3.63) is 59.4 Å². The van der Waals surface area contributed by atoms with Gasteiger partial charge in [-0.25, -0.2) is 0 Å². The van der Waals surface area contributed by atoms with Crippen molar-refractivity contribution in [1.29, 1.82) is 0 Å². The topological polar surface area (TPSA) is 131 Å². The van der Waals surface area contributed by atoms with Gasteiger partial charge in [0.2, 0.25) is 0 Å². The van der Waals surface area contributed by atoms with Gasteiger partial charge in [0.15, 0.2) is 5.60 Å². The summed E-state index contributed by atoms with van der Waals surface area (Å²) >= 11 is 1.54. The van der Waals surface area contributed by atoms with Crippen molar-refractivity contribution in [2.45, 2.75) is 50.4 Å². The zero-order valence-electron chi connectivity index (χ0n) is 22.1. The van der Waals surface area contributed by atoms with Gasteiger partial charge in [-0.3, -0.25) is 14.5 Å². The van der Waals surface area contributed by atoms with Gasteiger partial charge in [-0.2, -0.15) is 13.2 Å². The van der Waals surface area contributed by atoms with Crippen molar-refractivity contribution >= 4 is 23.5 Å². The number of amides is 1. The van der Waals surface area contributed by atoms with Crippen LogP contribution in [0.1, 0.15) is 42.8 Å². The van der Waals surface area contributed by atoms with E-state index in [0.717, 1.165) is 19.0 Å². The van der Waals surface area contributed by atoms with E-state index in [9.17, 15) is 23.1 Å². The SMILES string of the molecule is CSNCCOCCNCc1ccc([C@H]2[C@H](C(=O)Nc3ccnc(C(N)O)c3)O[C@@](C)(C(F)(F)F)[C@H]2C)cc1. The Labute approximate surface area is 230 Å². The lowest BCUT2D eigenvalue weighted by Gasteiger charge is -2.31. The number of pyridine rings is 1. The van der Waals surface area contributed by atoms with Crippen molar-refractivity contribution in [2.24, 2.45) is 11.7 Å². The standard InChI is InChI=1S/C26H36F3N5O4S/c1-16-21(18-6-4-17(5-7-18)15-31-10-12-37-13-11-33-39-3)22(38-25(16,2)26(27,28)29)24(36)34-19-8-9-32-20(14-19)23(30)35/h4-9,14,16,21-23,31,33,35H,10-13,15,30H2,1-3H3,(H,32,34,36)/t16-,21-,22+,23?,25+/m0/s1. The minimum atomic E-state index is -4.69. The number of aliphatic hydroxyl groups excluding tert-OH is 1. The summed E-state index contributed by atoms with van der Waals surface area (Å²) in [6, 6.07) is 9.94. The molecule has 1 fully saturated rings. The Bertz CT molecular complexity index is 1080. The molecule has 1 saturated heterocycles. The average Bonchev–Trinajstić information content (AvgIpc) is 3.18. The molecular weight excluding hydrogens is 535 g/mol. The fraction of sp³-hybridized carbons (Fsp3) is 0.538. The summed E-state index contributed by atoms with van der Waals surface area (Å²) in [6.07, 6.45) is -4.19. The zero-order chi connectivity index (χ0) is 28.6. The molecule has 13 heteroatoms. The number of alkyl halides is 3. The monoisotopic (exact) mass is 571 g/mol. The molecule has 0 aliphatic carbocycles. The smallest absolute Gasteiger partial charge is 0.379 e. The van der Waals surface area contributed by atoms with E-state index in [-0.39, 0.29) is 11.4 Å². The number of ether oxygens (including phenoxy) is 2. The molecule has 2 heterocycles. The van der Waals surface area contributed by atoms with Gasteiger partial charge in [-0.05, 0) is 36.4 Å². The van der Waals surface area contributed by atoms with Crippen LogP contribution in [0.3, 0.4) is 0 Å². The lowest BCUT2D eigenvalue weighted by Crippen LogP contribution is -2.47. The molecule has 0 spiro atoms. The van der Waals surface area contributed by atoms with E-state index < -0.39 is 41.9 Å². The number of rotatable bonds is 13. The van der Waals surface area contributed by atoms with Crippen molar-refractivity contribution in [2.75, 3.05) is 37.9 Å². The van der Waals surface area contributed by atoms with E-state index >= 15 is 0 Å². The Hall–Kier alpha value is -2.26. The maximum Gasteiger partial charge on any atom is 0.417 e. The maximum absolute atomic E-state index is 14.1. The van der Waals surface area contributed by atoms with Gasteiger partial charge in [0.05, 0.1) is 18.9 Å². The highest BCUT2D eigenvalue weighted by Crippen LogP contribution is 2.53. The lowest BCUT2D eigenvalue weighted by molar-refractivity contribution is -0.272. The molecule has 0 radical (unpaired) electrons. The third-order valence-corrected chi connectivity index (χ3v) is 7.38. The lowest BCUT2D eigenvalue weighted by atomic mass is 9.77. The second-order valence-electron chi connectivity index (χ2n) is 9.49. The van der Waals surface area contributed by atoms with Gasteiger partial charge in [0.25, 0.3) is 5.91 Å². The van der Waals surface area contributed by atoms with Crippen LogP contribution in [-0.2, 0) is 20.8 Å². The van der Waals surface area contributed by atoms with Gasteiger partial charge in [0, 0.05) is 43.4 Å². The van der Waals surface area contributed by atoms with E-state index in [1.807, 2.05) is 18.4 Å². The molecule has 1 aromatic heterocycles. The number of carbonyl (C=O) groups excluding carboxylic acids is 1. The molecule has 1 unspecified atom stereocenters. The van der Waals surface area contributed by atoms with Crippen molar-refractivity contribution in [1.82, 2.24) is 15.0 Å². The number of aliphatic hydroxyl groups is 1. The second kappa shape index (κ2) is 13.9. The van der Waals surface area contributed by atoms with Crippen LogP contribution >= 0.6 is 11.9 Å². The second-order valence-corrected chi connectivity index (χ2v) is 10.2. The molecule has 1 aliphatic rings. The summed E-state index contributed by atoms with van der Waals surface area (Å²) in [5.74, 6) is -2.64. The summed E-state index contributed by atoms with van der Waals surface area (Å²) in [5, 5.41) is 15.4. The summed E-state index contributed by atoms with van der Waals surface area (Å²) < 4.78 is 56.4. The quantitative estimate of drug-likeness (QED) is 0.140. The predicted molar refractivity (Wildman–Crippen MR) is 144 cm³/mol.